The van der Waals surface area contributed by atoms with Crippen LogP contribution in [0.2, 0.25) is 0 Å². The maximum absolute atomic E-state index is 13.4. The third-order valence-corrected chi connectivity index (χ3v) is 7.42. The van der Waals surface area contributed by atoms with E-state index in [2.05, 4.69) is 71.3 Å². The van der Waals surface area contributed by atoms with Crippen molar-refractivity contribution in [2.45, 2.75) is 31.3 Å². The van der Waals surface area contributed by atoms with E-state index in [9.17, 15) is 4.79 Å². The van der Waals surface area contributed by atoms with Gasteiger partial charge in [0.05, 0.1) is 23.3 Å². The van der Waals surface area contributed by atoms with Gasteiger partial charge in [-0.25, -0.2) is 0 Å². The predicted molar refractivity (Wildman–Crippen MR) is 139 cm³/mol. The first-order chi connectivity index (χ1) is 16.7. The van der Waals surface area contributed by atoms with E-state index >= 15 is 0 Å². The zero-order valence-electron chi connectivity index (χ0n) is 19.2. The number of para-hydroxylation sites is 1. The Hall–Kier alpha value is -3.85. The standard InChI is InChI=1S/C31H28N2O/c1-20(21-9-3-2-4-10-21)32-31(34)28-16-8-15-27-25-13-7-14-26(25)29(33-30(27)28)24-18-17-22-11-5-6-12-23(22)19-24/h2-13,15-20,25-26,29,33H,14H2,1H3,(H,32,34). The van der Waals surface area contributed by atoms with Gasteiger partial charge in [0.1, 0.15) is 0 Å². The second-order valence-electron chi connectivity index (χ2n) is 9.46. The molecule has 0 saturated heterocycles. The van der Waals surface area contributed by atoms with E-state index in [0.29, 0.717) is 17.4 Å². The number of nitrogens with one attached hydrogen (secondary N) is 2. The highest BCUT2D eigenvalue weighted by molar-refractivity contribution is 6.01. The van der Waals surface area contributed by atoms with E-state index in [1.165, 1.54) is 21.9 Å². The summed E-state index contributed by atoms with van der Waals surface area (Å²) in [7, 11) is 0. The number of hydrogen-bond acceptors (Lipinski definition) is 2. The molecular formula is C31H28N2O. The number of anilines is 1. The minimum absolute atomic E-state index is 0.0432. The second kappa shape index (κ2) is 8.49. The van der Waals surface area contributed by atoms with Gasteiger partial charge in [0.2, 0.25) is 0 Å². The second-order valence-corrected chi connectivity index (χ2v) is 9.46. The minimum atomic E-state index is -0.0662. The molecule has 0 fully saturated rings. The SMILES string of the molecule is CC(NC(=O)c1cccc2c1NC(c1ccc3ccccc3c1)C1CC=CC21)c1ccccc1. The molecule has 4 atom stereocenters. The van der Waals surface area contributed by atoms with Crippen LogP contribution < -0.4 is 10.6 Å². The summed E-state index contributed by atoms with van der Waals surface area (Å²) >= 11 is 0. The molecule has 1 aliphatic carbocycles. The van der Waals surface area contributed by atoms with Gasteiger partial charge in [-0.2, -0.15) is 0 Å². The van der Waals surface area contributed by atoms with Crippen LogP contribution in [0.1, 0.15) is 58.4 Å². The molecule has 0 saturated carbocycles. The van der Waals surface area contributed by atoms with Crippen molar-refractivity contribution in [1.82, 2.24) is 5.32 Å². The first kappa shape index (κ1) is 20.7. The van der Waals surface area contributed by atoms with Crippen molar-refractivity contribution in [2.24, 2.45) is 5.92 Å². The van der Waals surface area contributed by atoms with Crippen LogP contribution in [0.25, 0.3) is 10.8 Å². The monoisotopic (exact) mass is 444 g/mol. The van der Waals surface area contributed by atoms with Gasteiger partial charge in [-0.3, -0.25) is 4.79 Å². The molecule has 2 N–H and O–H groups in total. The smallest absolute Gasteiger partial charge is 0.253 e. The first-order valence-corrected chi connectivity index (χ1v) is 12.1. The number of allylic oxidation sites excluding steroid dienone is 2. The highest BCUT2D eigenvalue weighted by Gasteiger charge is 2.39. The largest absolute Gasteiger partial charge is 0.377 e. The Labute approximate surface area is 200 Å². The fraction of sp³-hybridized carbons (Fsp3) is 0.194. The Morgan fingerprint density at radius 1 is 0.912 bits per heavy atom. The van der Waals surface area contributed by atoms with E-state index in [0.717, 1.165) is 17.7 Å². The minimum Gasteiger partial charge on any atom is -0.377 e. The van der Waals surface area contributed by atoms with E-state index in [4.69, 9.17) is 0 Å². The van der Waals surface area contributed by atoms with Gasteiger partial charge in [0.25, 0.3) is 5.91 Å². The molecule has 1 aliphatic heterocycles. The number of fused-ring (bicyclic) bond motifs is 4. The summed E-state index contributed by atoms with van der Waals surface area (Å²) in [5.41, 5.74) is 5.27. The number of carbonyl (C=O) groups is 1. The van der Waals surface area contributed by atoms with Crippen LogP contribution in [-0.2, 0) is 0 Å². The normalized spacial score (nSPS) is 21.4. The highest BCUT2D eigenvalue weighted by Crippen LogP contribution is 2.50. The van der Waals surface area contributed by atoms with Crippen molar-refractivity contribution < 1.29 is 4.79 Å². The van der Waals surface area contributed by atoms with Gasteiger partial charge in [-0.15, -0.1) is 0 Å². The lowest BCUT2D eigenvalue weighted by Crippen LogP contribution is -2.32. The predicted octanol–water partition coefficient (Wildman–Crippen LogP) is 7.16. The quantitative estimate of drug-likeness (QED) is 0.328. The highest BCUT2D eigenvalue weighted by atomic mass is 16.1. The van der Waals surface area contributed by atoms with Crippen molar-refractivity contribution in [3.05, 3.63) is 125 Å². The van der Waals surface area contributed by atoms with Crippen LogP contribution in [0, 0.1) is 5.92 Å². The van der Waals surface area contributed by atoms with Crippen LogP contribution in [0.5, 0.6) is 0 Å². The molecule has 0 bridgehead atoms. The fourth-order valence-electron chi connectivity index (χ4n) is 5.64. The Bertz CT molecular complexity index is 1390. The lowest BCUT2D eigenvalue weighted by Gasteiger charge is -2.38. The first-order valence-electron chi connectivity index (χ1n) is 12.1. The van der Waals surface area contributed by atoms with E-state index in [1.54, 1.807) is 0 Å². The average Bonchev–Trinajstić information content (AvgIpc) is 3.38. The molecule has 1 heterocycles. The molecule has 34 heavy (non-hydrogen) atoms. The summed E-state index contributed by atoms with van der Waals surface area (Å²) in [6.45, 7) is 2.03. The summed E-state index contributed by atoms with van der Waals surface area (Å²) in [5, 5.41) is 9.51. The number of benzene rings is 4. The van der Waals surface area contributed by atoms with Crippen molar-refractivity contribution in [2.75, 3.05) is 5.32 Å². The molecule has 4 aromatic rings. The summed E-state index contributed by atoms with van der Waals surface area (Å²) < 4.78 is 0. The fourth-order valence-corrected chi connectivity index (χ4v) is 5.64. The molecule has 0 spiro atoms. The summed E-state index contributed by atoms with van der Waals surface area (Å²) in [6, 6.07) is 31.5. The molecule has 0 radical (unpaired) electrons. The third kappa shape index (κ3) is 3.58. The van der Waals surface area contributed by atoms with Gasteiger partial charge in [-0.05, 0) is 58.9 Å². The van der Waals surface area contributed by atoms with E-state index in [-0.39, 0.29) is 18.0 Å². The Kier molecular flexibility index (Phi) is 5.18. The van der Waals surface area contributed by atoms with Gasteiger partial charge in [0, 0.05) is 5.92 Å². The number of rotatable bonds is 4. The Morgan fingerprint density at radius 3 is 2.56 bits per heavy atom. The van der Waals surface area contributed by atoms with Crippen LogP contribution in [0.3, 0.4) is 0 Å². The van der Waals surface area contributed by atoms with Crippen LogP contribution in [-0.4, -0.2) is 5.91 Å². The van der Waals surface area contributed by atoms with Gasteiger partial charge < -0.3 is 10.6 Å². The van der Waals surface area contributed by atoms with Crippen molar-refractivity contribution in [3.8, 4) is 0 Å². The van der Waals surface area contributed by atoms with Crippen molar-refractivity contribution in [3.63, 3.8) is 0 Å². The van der Waals surface area contributed by atoms with E-state index < -0.39 is 0 Å². The summed E-state index contributed by atoms with van der Waals surface area (Å²) in [5.74, 6) is 0.709. The Morgan fingerprint density at radius 2 is 1.71 bits per heavy atom. The average molecular weight is 445 g/mol. The number of amides is 1. The summed E-state index contributed by atoms with van der Waals surface area (Å²) in [6.07, 6.45) is 5.66. The molecule has 4 aromatic carbocycles. The maximum atomic E-state index is 13.4. The maximum Gasteiger partial charge on any atom is 0.253 e. The molecule has 6 rings (SSSR count). The summed E-state index contributed by atoms with van der Waals surface area (Å²) in [4.78, 5) is 13.4. The molecular weight excluding hydrogens is 416 g/mol. The lowest BCUT2D eigenvalue weighted by atomic mass is 9.76. The van der Waals surface area contributed by atoms with Crippen molar-refractivity contribution in [1.29, 1.82) is 0 Å². The number of carbonyl (C=O) groups excluding carboxylic acids is 1. The zero-order chi connectivity index (χ0) is 23.1. The van der Waals surface area contributed by atoms with Crippen LogP contribution in [0.4, 0.5) is 5.69 Å². The van der Waals surface area contributed by atoms with E-state index in [1.807, 2.05) is 49.4 Å². The van der Waals surface area contributed by atoms with Gasteiger partial charge >= 0.3 is 0 Å². The van der Waals surface area contributed by atoms with Gasteiger partial charge in [0.15, 0.2) is 0 Å². The topological polar surface area (TPSA) is 41.1 Å². The molecule has 3 heteroatoms. The van der Waals surface area contributed by atoms with Crippen molar-refractivity contribution >= 4 is 22.4 Å². The number of hydrogen-bond donors (Lipinski definition) is 2. The molecule has 2 aliphatic rings. The van der Waals surface area contributed by atoms with Gasteiger partial charge in [-0.1, -0.05) is 91.0 Å². The Balaban J connectivity index is 1.36. The van der Waals surface area contributed by atoms with Crippen LogP contribution in [0.15, 0.2) is 103 Å². The molecule has 1 amide bonds. The third-order valence-electron chi connectivity index (χ3n) is 7.42. The zero-order valence-corrected chi connectivity index (χ0v) is 19.2. The molecule has 3 nitrogen and oxygen atoms in total. The molecule has 168 valence electrons. The lowest BCUT2D eigenvalue weighted by molar-refractivity contribution is 0.0940. The molecule has 4 unspecified atom stereocenters. The van der Waals surface area contributed by atoms with Crippen LogP contribution >= 0.6 is 0 Å². The molecule has 0 aromatic heterocycles.